The van der Waals surface area contributed by atoms with Crippen molar-refractivity contribution in [1.29, 1.82) is 0 Å². The van der Waals surface area contributed by atoms with Crippen LogP contribution in [0, 0.1) is 0 Å². The molecule has 28 heavy (non-hydrogen) atoms. The summed E-state index contributed by atoms with van der Waals surface area (Å²) < 4.78 is 0. The van der Waals surface area contributed by atoms with Crippen molar-refractivity contribution >= 4 is 11.8 Å². The molecule has 4 rings (SSSR count). The van der Waals surface area contributed by atoms with Crippen LogP contribution >= 0.6 is 0 Å². The van der Waals surface area contributed by atoms with Gasteiger partial charge < -0.3 is 14.8 Å². The van der Waals surface area contributed by atoms with Crippen LogP contribution in [0.5, 0.6) is 0 Å². The van der Waals surface area contributed by atoms with Crippen molar-refractivity contribution in [3.05, 3.63) is 35.2 Å². The molecule has 2 aromatic heterocycles. The predicted octanol–water partition coefficient (Wildman–Crippen LogP) is 2.01. The predicted molar refractivity (Wildman–Crippen MR) is 104 cm³/mol. The first kappa shape index (κ1) is 18.7. The van der Waals surface area contributed by atoms with Gasteiger partial charge in [-0.25, -0.2) is 4.98 Å². The molecule has 0 atom stereocenters. The number of hydrogen-bond acceptors (Lipinski definition) is 4. The van der Waals surface area contributed by atoms with E-state index in [9.17, 15) is 9.59 Å². The molecule has 8 heteroatoms. The molecule has 1 fully saturated rings. The van der Waals surface area contributed by atoms with E-state index >= 15 is 0 Å². The van der Waals surface area contributed by atoms with Gasteiger partial charge in [0.05, 0.1) is 29.3 Å². The van der Waals surface area contributed by atoms with E-state index in [1.807, 2.05) is 16.7 Å². The number of rotatable bonds is 4. The fraction of sp³-hybridized carbons (Fsp3) is 0.600. The average Bonchev–Trinajstić information content (AvgIpc) is 3.38. The van der Waals surface area contributed by atoms with Crippen molar-refractivity contribution in [3.63, 3.8) is 0 Å². The molecule has 8 nitrogen and oxygen atoms in total. The van der Waals surface area contributed by atoms with Crippen LogP contribution in [0.3, 0.4) is 0 Å². The zero-order valence-electron chi connectivity index (χ0n) is 16.6. The maximum Gasteiger partial charge on any atom is 0.257 e. The third-order valence-corrected chi connectivity index (χ3v) is 6.19. The zero-order chi connectivity index (χ0) is 19.7. The summed E-state index contributed by atoms with van der Waals surface area (Å²) in [5, 5.41) is 7.03. The van der Waals surface area contributed by atoms with Gasteiger partial charge in [0.2, 0.25) is 5.91 Å². The Bertz CT molecular complexity index is 862. The molecule has 0 aliphatic carbocycles. The lowest BCUT2D eigenvalue weighted by Gasteiger charge is -2.50. The number of piperidine rings is 1. The molecule has 2 aliphatic heterocycles. The van der Waals surface area contributed by atoms with Gasteiger partial charge in [0.25, 0.3) is 5.91 Å². The first-order valence-electron chi connectivity index (χ1n) is 10.3. The molecule has 1 saturated heterocycles. The minimum atomic E-state index is -0.403. The Kier molecular flexibility index (Phi) is 4.95. The Morgan fingerprint density at radius 3 is 2.71 bits per heavy atom. The highest BCUT2D eigenvalue weighted by Crippen LogP contribution is 2.42. The molecular formula is C20H28N6O2. The SMILES string of the molecule is CCCc1[nH]ncc1C(=O)N1CCC2(CC1)c1nc[nH]c1CCN2C(=O)CC. The normalized spacial score (nSPS) is 18.4. The van der Waals surface area contributed by atoms with E-state index in [0.29, 0.717) is 44.5 Å². The molecule has 1 spiro atoms. The van der Waals surface area contributed by atoms with Crippen molar-refractivity contribution in [3.8, 4) is 0 Å². The van der Waals surface area contributed by atoms with E-state index in [1.54, 1.807) is 12.5 Å². The van der Waals surface area contributed by atoms with Gasteiger partial charge in [-0.1, -0.05) is 20.3 Å². The number of H-pyrrole nitrogens is 2. The van der Waals surface area contributed by atoms with Crippen LogP contribution in [0.2, 0.25) is 0 Å². The van der Waals surface area contributed by atoms with E-state index in [0.717, 1.165) is 36.3 Å². The molecule has 150 valence electrons. The summed E-state index contributed by atoms with van der Waals surface area (Å²) >= 11 is 0. The molecule has 0 unspecified atom stereocenters. The summed E-state index contributed by atoms with van der Waals surface area (Å²) in [5.41, 5.74) is 3.29. The third kappa shape index (κ3) is 2.91. The number of nitrogens with one attached hydrogen (secondary N) is 2. The van der Waals surface area contributed by atoms with E-state index in [-0.39, 0.29) is 11.8 Å². The lowest BCUT2D eigenvalue weighted by molar-refractivity contribution is -0.141. The van der Waals surface area contributed by atoms with Gasteiger partial charge in [-0.2, -0.15) is 5.10 Å². The Balaban J connectivity index is 1.57. The topological polar surface area (TPSA) is 98.0 Å². The summed E-state index contributed by atoms with van der Waals surface area (Å²) in [5.74, 6) is 0.187. The fourth-order valence-electron chi connectivity index (χ4n) is 4.73. The summed E-state index contributed by atoms with van der Waals surface area (Å²) in [6.45, 7) is 5.91. The number of amides is 2. The standard InChI is InChI=1S/C20H28N6O2/c1-3-5-15-14(12-23-24-15)19(28)25-10-7-20(8-11-25)18-16(21-13-22-18)6-9-26(20)17(27)4-2/h12-13H,3-11H2,1-2H3,(H,21,22)(H,23,24). The molecule has 0 saturated carbocycles. The van der Waals surface area contributed by atoms with E-state index in [2.05, 4.69) is 27.1 Å². The van der Waals surface area contributed by atoms with Crippen molar-refractivity contribution < 1.29 is 9.59 Å². The Hall–Kier alpha value is -2.64. The van der Waals surface area contributed by atoms with Crippen molar-refractivity contribution in [2.24, 2.45) is 0 Å². The van der Waals surface area contributed by atoms with E-state index < -0.39 is 5.54 Å². The van der Waals surface area contributed by atoms with Gasteiger partial charge in [0.1, 0.15) is 0 Å². The fourth-order valence-corrected chi connectivity index (χ4v) is 4.73. The number of aromatic nitrogens is 4. The minimum Gasteiger partial charge on any atom is -0.348 e. The van der Waals surface area contributed by atoms with Crippen LogP contribution in [0.15, 0.2) is 12.5 Å². The molecule has 0 bridgehead atoms. The van der Waals surface area contributed by atoms with Crippen molar-refractivity contribution in [1.82, 2.24) is 30.0 Å². The first-order valence-corrected chi connectivity index (χ1v) is 10.3. The molecule has 2 N–H and O–H groups in total. The van der Waals surface area contributed by atoms with Gasteiger partial charge >= 0.3 is 0 Å². The number of imidazole rings is 1. The third-order valence-electron chi connectivity index (χ3n) is 6.19. The molecule has 0 aromatic carbocycles. The number of aromatic amines is 2. The maximum atomic E-state index is 13.1. The monoisotopic (exact) mass is 384 g/mol. The molecular weight excluding hydrogens is 356 g/mol. The van der Waals surface area contributed by atoms with E-state index in [1.165, 1.54) is 0 Å². The average molecular weight is 384 g/mol. The summed E-state index contributed by atoms with van der Waals surface area (Å²) in [7, 11) is 0. The van der Waals surface area contributed by atoms with Crippen LogP contribution in [-0.4, -0.2) is 61.4 Å². The smallest absolute Gasteiger partial charge is 0.257 e. The number of likely N-dealkylation sites (tertiary alicyclic amines) is 1. The second-order valence-electron chi connectivity index (χ2n) is 7.71. The number of aryl methyl sites for hydroxylation is 1. The largest absolute Gasteiger partial charge is 0.348 e. The van der Waals surface area contributed by atoms with Crippen molar-refractivity contribution in [2.75, 3.05) is 19.6 Å². The summed E-state index contributed by atoms with van der Waals surface area (Å²) in [4.78, 5) is 37.5. The van der Waals surface area contributed by atoms with Gasteiger partial charge in [0, 0.05) is 43.9 Å². The second kappa shape index (κ2) is 7.41. The van der Waals surface area contributed by atoms with Gasteiger partial charge in [-0.05, 0) is 19.3 Å². The zero-order valence-corrected chi connectivity index (χ0v) is 16.6. The van der Waals surface area contributed by atoms with Crippen LogP contribution in [0.25, 0.3) is 0 Å². The van der Waals surface area contributed by atoms with Gasteiger partial charge in [0.15, 0.2) is 0 Å². The number of nitrogens with zero attached hydrogens (tertiary/aromatic N) is 4. The summed E-state index contributed by atoms with van der Waals surface area (Å²) in [6.07, 6.45) is 7.85. The highest BCUT2D eigenvalue weighted by atomic mass is 16.2. The molecule has 4 heterocycles. The lowest BCUT2D eigenvalue weighted by Crippen LogP contribution is -2.58. The molecule has 0 radical (unpaired) electrons. The lowest BCUT2D eigenvalue weighted by atomic mass is 9.78. The highest BCUT2D eigenvalue weighted by Gasteiger charge is 2.48. The van der Waals surface area contributed by atoms with Gasteiger partial charge in [-0.15, -0.1) is 0 Å². The minimum absolute atomic E-state index is 0.0264. The summed E-state index contributed by atoms with van der Waals surface area (Å²) in [6, 6.07) is 0. The quantitative estimate of drug-likeness (QED) is 0.842. The highest BCUT2D eigenvalue weighted by molar-refractivity contribution is 5.95. The number of carbonyl (C=O) groups is 2. The number of fused-ring (bicyclic) bond motifs is 2. The van der Waals surface area contributed by atoms with Crippen LogP contribution < -0.4 is 0 Å². The van der Waals surface area contributed by atoms with Crippen LogP contribution in [0.1, 0.15) is 67.0 Å². The Morgan fingerprint density at radius 2 is 2.00 bits per heavy atom. The maximum absolute atomic E-state index is 13.1. The van der Waals surface area contributed by atoms with Gasteiger partial charge in [-0.3, -0.25) is 14.7 Å². The first-order chi connectivity index (χ1) is 13.6. The molecule has 2 aromatic rings. The Morgan fingerprint density at radius 1 is 1.21 bits per heavy atom. The molecule has 2 amide bonds. The van der Waals surface area contributed by atoms with Crippen molar-refractivity contribution in [2.45, 2.75) is 57.9 Å². The van der Waals surface area contributed by atoms with Crippen LogP contribution in [-0.2, 0) is 23.2 Å². The second-order valence-corrected chi connectivity index (χ2v) is 7.71. The van der Waals surface area contributed by atoms with E-state index in [4.69, 9.17) is 0 Å². The molecule has 2 aliphatic rings. The number of hydrogen-bond donors (Lipinski definition) is 2. The van der Waals surface area contributed by atoms with Crippen LogP contribution in [0.4, 0.5) is 0 Å². The Labute approximate surface area is 164 Å². The number of carbonyl (C=O) groups excluding carboxylic acids is 2.